The van der Waals surface area contributed by atoms with E-state index < -0.39 is 12.0 Å². The second kappa shape index (κ2) is 9.95. The van der Waals surface area contributed by atoms with E-state index in [-0.39, 0.29) is 24.8 Å². The van der Waals surface area contributed by atoms with E-state index in [1.54, 1.807) is 42.7 Å². The Bertz CT molecular complexity index is 1880. The van der Waals surface area contributed by atoms with Gasteiger partial charge in [-0.3, -0.25) is 9.36 Å². The number of allylic oxidation sites excluding steroid dienone is 1. The van der Waals surface area contributed by atoms with Gasteiger partial charge in [-0.05, 0) is 87.4 Å². The van der Waals surface area contributed by atoms with Crippen molar-refractivity contribution < 1.29 is 23.4 Å². The van der Waals surface area contributed by atoms with Crippen molar-refractivity contribution in [3.63, 3.8) is 0 Å². The van der Waals surface area contributed by atoms with Gasteiger partial charge in [-0.2, -0.15) is 0 Å². The Hall–Kier alpha value is -4.44. The number of halogens is 1. The standard InChI is InChI=1S/C30H26FN3O5S/c1-5-37-29(36)26-17(3)32-30-34(27(26)19-6-11-23-24(13-19)39-15-38-23)28(35)25(40-30)14-20-12-16(2)33(18(20)4)22-9-7-21(31)8-10-22/h6-14,27H,5,15H2,1-4H3/b25-14-/t27-/m0/s1. The lowest BCUT2D eigenvalue weighted by atomic mass is 9.95. The maximum atomic E-state index is 14.0. The average molecular weight is 560 g/mol. The van der Waals surface area contributed by atoms with Crippen molar-refractivity contribution in [2.45, 2.75) is 33.7 Å². The van der Waals surface area contributed by atoms with Gasteiger partial charge in [0.05, 0.1) is 28.5 Å². The highest BCUT2D eigenvalue weighted by atomic mass is 32.1. The summed E-state index contributed by atoms with van der Waals surface area (Å²) in [6.45, 7) is 7.71. The molecule has 4 heterocycles. The van der Waals surface area contributed by atoms with Crippen molar-refractivity contribution >= 4 is 23.4 Å². The molecule has 8 nitrogen and oxygen atoms in total. The first-order valence-electron chi connectivity index (χ1n) is 12.8. The third kappa shape index (κ3) is 4.24. The summed E-state index contributed by atoms with van der Waals surface area (Å²) in [7, 11) is 0. The van der Waals surface area contributed by atoms with Gasteiger partial charge in [-0.1, -0.05) is 17.4 Å². The Kier molecular flexibility index (Phi) is 6.42. The fraction of sp³-hybridized carbons (Fsp3) is 0.233. The molecule has 0 aliphatic carbocycles. The summed E-state index contributed by atoms with van der Waals surface area (Å²) in [4.78, 5) is 32.3. The van der Waals surface area contributed by atoms with Crippen LogP contribution in [-0.4, -0.2) is 28.5 Å². The van der Waals surface area contributed by atoms with Gasteiger partial charge in [0.25, 0.3) is 5.56 Å². The molecule has 0 fully saturated rings. The van der Waals surface area contributed by atoms with Crippen LogP contribution >= 0.6 is 11.3 Å². The first-order valence-corrected chi connectivity index (χ1v) is 13.6. The predicted octanol–water partition coefficient (Wildman–Crippen LogP) is 4.07. The number of aromatic nitrogens is 2. The van der Waals surface area contributed by atoms with E-state index in [1.165, 1.54) is 23.5 Å². The molecule has 0 spiro atoms. The van der Waals surface area contributed by atoms with Crippen LogP contribution in [-0.2, 0) is 9.53 Å². The number of rotatable bonds is 5. The number of carbonyl (C=O) groups excluding carboxylic acids is 1. The molecule has 0 amide bonds. The van der Waals surface area contributed by atoms with Gasteiger partial charge in [0.15, 0.2) is 16.3 Å². The van der Waals surface area contributed by atoms with Crippen LogP contribution in [0.3, 0.4) is 0 Å². The van der Waals surface area contributed by atoms with Crippen LogP contribution < -0.4 is 24.4 Å². The molecular weight excluding hydrogens is 533 g/mol. The quantitative estimate of drug-likeness (QED) is 0.344. The van der Waals surface area contributed by atoms with Crippen LogP contribution in [0.2, 0.25) is 0 Å². The van der Waals surface area contributed by atoms with Gasteiger partial charge < -0.3 is 18.8 Å². The molecule has 2 aromatic carbocycles. The van der Waals surface area contributed by atoms with Crippen LogP contribution in [0.1, 0.15) is 42.4 Å². The molecular formula is C30H26FN3O5S. The second-order valence-electron chi connectivity index (χ2n) is 9.55. The molecule has 1 atom stereocenters. The number of carbonyl (C=O) groups is 1. The van der Waals surface area contributed by atoms with Gasteiger partial charge in [-0.15, -0.1) is 0 Å². The summed E-state index contributed by atoms with van der Waals surface area (Å²) in [5, 5.41) is 0. The maximum Gasteiger partial charge on any atom is 0.338 e. The summed E-state index contributed by atoms with van der Waals surface area (Å²) in [5.74, 6) is 0.322. The topological polar surface area (TPSA) is 84.1 Å². The molecule has 2 aliphatic heterocycles. The zero-order chi connectivity index (χ0) is 28.1. The van der Waals surface area contributed by atoms with Crippen molar-refractivity contribution in [2.75, 3.05) is 13.4 Å². The predicted molar refractivity (Wildman–Crippen MR) is 148 cm³/mol. The van der Waals surface area contributed by atoms with E-state index in [2.05, 4.69) is 4.99 Å². The van der Waals surface area contributed by atoms with Crippen molar-refractivity contribution in [1.29, 1.82) is 0 Å². The molecule has 2 aromatic heterocycles. The molecule has 0 N–H and O–H groups in total. The van der Waals surface area contributed by atoms with Crippen molar-refractivity contribution in [3.05, 3.63) is 108 Å². The van der Waals surface area contributed by atoms with Crippen molar-refractivity contribution in [1.82, 2.24) is 9.13 Å². The molecule has 0 unspecified atom stereocenters. The number of esters is 1. The lowest BCUT2D eigenvalue weighted by molar-refractivity contribution is -0.139. The van der Waals surface area contributed by atoms with E-state index in [0.717, 1.165) is 22.6 Å². The van der Waals surface area contributed by atoms with Gasteiger partial charge in [0.1, 0.15) is 5.82 Å². The largest absolute Gasteiger partial charge is 0.463 e. The third-order valence-corrected chi connectivity index (χ3v) is 8.05. The summed E-state index contributed by atoms with van der Waals surface area (Å²) < 4.78 is 34.0. The van der Waals surface area contributed by atoms with Gasteiger partial charge in [0.2, 0.25) is 6.79 Å². The van der Waals surface area contributed by atoms with E-state index in [4.69, 9.17) is 14.2 Å². The smallest absolute Gasteiger partial charge is 0.338 e. The number of nitrogens with zero attached hydrogens (tertiary/aromatic N) is 3. The minimum Gasteiger partial charge on any atom is -0.463 e. The van der Waals surface area contributed by atoms with E-state index in [9.17, 15) is 14.0 Å². The van der Waals surface area contributed by atoms with E-state index in [0.29, 0.717) is 37.7 Å². The Morgan fingerprint density at radius 3 is 2.62 bits per heavy atom. The normalized spacial score (nSPS) is 16.2. The molecule has 6 rings (SSSR count). The van der Waals surface area contributed by atoms with Crippen LogP contribution in [0, 0.1) is 19.7 Å². The van der Waals surface area contributed by atoms with Crippen LogP contribution in [0.4, 0.5) is 4.39 Å². The number of aryl methyl sites for hydroxylation is 1. The van der Waals surface area contributed by atoms with Gasteiger partial charge in [-0.25, -0.2) is 14.2 Å². The van der Waals surface area contributed by atoms with Crippen LogP contribution in [0.15, 0.2) is 69.6 Å². The zero-order valence-electron chi connectivity index (χ0n) is 22.4. The summed E-state index contributed by atoms with van der Waals surface area (Å²) >= 11 is 1.26. The highest BCUT2D eigenvalue weighted by molar-refractivity contribution is 7.07. The minimum absolute atomic E-state index is 0.109. The molecule has 10 heteroatoms. The SMILES string of the molecule is CCOC(=O)C1=C(C)N=c2s/c(=C\c3cc(C)n(-c4ccc(F)cc4)c3C)c(=O)n2[C@H]1c1ccc2c(c1)OCO2. The first kappa shape index (κ1) is 25.8. The number of benzene rings is 2. The second-order valence-corrected chi connectivity index (χ2v) is 10.6. The Morgan fingerprint density at radius 1 is 1.12 bits per heavy atom. The molecule has 0 saturated heterocycles. The van der Waals surface area contributed by atoms with Crippen molar-refractivity contribution in [3.8, 4) is 17.2 Å². The minimum atomic E-state index is -0.751. The third-order valence-electron chi connectivity index (χ3n) is 7.07. The molecule has 0 saturated carbocycles. The fourth-order valence-corrected chi connectivity index (χ4v) is 6.29. The lowest BCUT2D eigenvalue weighted by Crippen LogP contribution is -2.39. The van der Waals surface area contributed by atoms with Crippen LogP contribution in [0.25, 0.3) is 11.8 Å². The summed E-state index contributed by atoms with van der Waals surface area (Å²) in [6.07, 6.45) is 1.84. The maximum absolute atomic E-state index is 14.0. The number of fused-ring (bicyclic) bond motifs is 2. The number of ether oxygens (including phenoxy) is 3. The first-order chi connectivity index (χ1) is 19.3. The summed E-state index contributed by atoms with van der Waals surface area (Å²) in [5.41, 5.74) is 4.74. The van der Waals surface area contributed by atoms with Gasteiger partial charge >= 0.3 is 5.97 Å². The highest BCUT2D eigenvalue weighted by Gasteiger charge is 2.34. The monoisotopic (exact) mass is 559 g/mol. The number of thiazole rings is 1. The lowest BCUT2D eigenvalue weighted by Gasteiger charge is -2.24. The Labute approximate surface area is 232 Å². The molecule has 2 aliphatic rings. The van der Waals surface area contributed by atoms with E-state index >= 15 is 0 Å². The van der Waals surface area contributed by atoms with Gasteiger partial charge in [0, 0.05) is 17.1 Å². The molecule has 0 radical (unpaired) electrons. The fourth-order valence-electron chi connectivity index (χ4n) is 5.25. The summed E-state index contributed by atoms with van der Waals surface area (Å²) in [6, 6.07) is 12.9. The highest BCUT2D eigenvalue weighted by Crippen LogP contribution is 2.38. The molecule has 204 valence electrons. The average Bonchev–Trinajstić information content (AvgIpc) is 3.59. The zero-order valence-corrected chi connectivity index (χ0v) is 23.2. The van der Waals surface area contributed by atoms with E-state index in [1.807, 2.05) is 36.6 Å². The Morgan fingerprint density at radius 2 is 1.88 bits per heavy atom. The Balaban J connectivity index is 1.52. The molecule has 4 aromatic rings. The number of hydrogen-bond acceptors (Lipinski definition) is 7. The van der Waals surface area contributed by atoms with Crippen molar-refractivity contribution in [2.24, 2.45) is 4.99 Å². The molecule has 40 heavy (non-hydrogen) atoms. The van der Waals surface area contributed by atoms with Crippen LogP contribution in [0.5, 0.6) is 11.5 Å². The molecule has 0 bridgehead atoms. The number of hydrogen-bond donors (Lipinski definition) is 0.